The lowest BCUT2D eigenvalue weighted by Gasteiger charge is -2.12. The molecule has 1 saturated heterocycles. The van der Waals surface area contributed by atoms with E-state index in [1.807, 2.05) is 48.5 Å². The highest BCUT2D eigenvalue weighted by atomic mass is 79.9. The Bertz CT molecular complexity index is 1220. The number of carbonyl (C=O) groups excluding carboxylic acids is 2. The van der Waals surface area contributed by atoms with Gasteiger partial charge in [-0.3, -0.25) is 9.69 Å². The molecule has 1 heterocycles. The predicted octanol–water partition coefficient (Wildman–Crippen LogP) is 6.43. The minimum absolute atomic E-state index is 0.184. The Morgan fingerprint density at radius 2 is 1.72 bits per heavy atom. The number of nitrogens with zero attached hydrogens (tertiary/aromatic N) is 1. The van der Waals surface area contributed by atoms with Crippen LogP contribution in [0.15, 0.2) is 76.9 Å². The van der Waals surface area contributed by atoms with Gasteiger partial charge in [0.15, 0.2) is 0 Å². The number of carbonyl (C=O) groups is 2. The van der Waals surface area contributed by atoms with Crippen LogP contribution in [0, 0.1) is 0 Å². The third-order valence-corrected chi connectivity index (χ3v) is 6.03. The van der Waals surface area contributed by atoms with Crippen molar-refractivity contribution in [2.45, 2.75) is 13.2 Å². The fourth-order valence-electron chi connectivity index (χ4n) is 3.19. The molecule has 1 aliphatic rings. The fourth-order valence-corrected chi connectivity index (χ4v) is 3.89. The number of amides is 3. The third kappa shape index (κ3) is 5.15. The van der Waals surface area contributed by atoms with E-state index in [1.165, 1.54) is 4.90 Å². The molecule has 1 N–H and O–H groups in total. The van der Waals surface area contributed by atoms with Gasteiger partial charge in [-0.05, 0) is 47.5 Å². The largest absolute Gasteiger partial charge is 0.488 e. The Morgan fingerprint density at radius 1 is 0.938 bits per heavy atom. The van der Waals surface area contributed by atoms with Gasteiger partial charge in [0, 0.05) is 10.0 Å². The number of ether oxygens (including phenoxy) is 1. The van der Waals surface area contributed by atoms with Gasteiger partial charge >= 0.3 is 6.03 Å². The van der Waals surface area contributed by atoms with Crippen molar-refractivity contribution in [2.24, 2.45) is 0 Å². The molecule has 162 valence electrons. The molecule has 0 bridgehead atoms. The second-order valence-electron chi connectivity index (χ2n) is 7.08. The van der Waals surface area contributed by atoms with Crippen LogP contribution in [0.2, 0.25) is 10.0 Å². The lowest BCUT2D eigenvalue weighted by atomic mass is 10.1. The van der Waals surface area contributed by atoms with Gasteiger partial charge in [0.25, 0.3) is 5.91 Å². The van der Waals surface area contributed by atoms with Gasteiger partial charge in [-0.15, -0.1) is 0 Å². The lowest BCUT2D eigenvalue weighted by molar-refractivity contribution is -0.123. The highest BCUT2D eigenvalue weighted by Gasteiger charge is 2.33. The Morgan fingerprint density at radius 3 is 2.47 bits per heavy atom. The van der Waals surface area contributed by atoms with Crippen LogP contribution < -0.4 is 10.1 Å². The number of imide groups is 1. The highest BCUT2D eigenvalue weighted by Crippen LogP contribution is 2.29. The van der Waals surface area contributed by atoms with Crippen LogP contribution in [-0.4, -0.2) is 16.8 Å². The van der Waals surface area contributed by atoms with E-state index in [2.05, 4.69) is 21.2 Å². The molecule has 0 unspecified atom stereocenters. The second kappa shape index (κ2) is 9.77. The summed E-state index contributed by atoms with van der Waals surface area (Å²) in [5.41, 5.74) is 2.54. The number of rotatable bonds is 6. The molecule has 4 rings (SSSR count). The minimum Gasteiger partial charge on any atom is -0.488 e. The quantitative estimate of drug-likeness (QED) is 0.294. The molecule has 5 nitrogen and oxygen atoms in total. The predicted molar refractivity (Wildman–Crippen MR) is 128 cm³/mol. The van der Waals surface area contributed by atoms with Crippen molar-refractivity contribution in [1.29, 1.82) is 0 Å². The molecule has 1 fully saturated rings. The van der Waals surface area contributed by atoms with Gasteiger partial charge in [-0.1, -0.05) is 75.5 Å². The average molecular weight is 532 g/mol. The van der Waals surface area contributed by atoms with Gasteiger partial charge in [0.2, 0.25) is 0 Å². The summed E-state index contributed by atoms with van der Waals surface area (Å²) in [7, 11) is 0. The SMILES string of the molecule is O=C1N/C(=C/c2cc(Br)ccc2OCc2ccc(Cl)c(Cl)c2)C(=O)N1Cc1ccccc1. The molecule has 8 heteroatoms. The lowest BCUT2D eigenvalue weighted by Crippen LogP contribution is -2.30. The van der Waals surface area contributed by atoms with Crippen LogP contribution in [-0.2, 0) is 17.9 Å². The summed E-state index contributed by atoms with van der Waals surface area (Å²) < 4.78 is 6.77. The number of benzene rings is 3. The summed E-state index contributed by atoms with van der Waals surface area (Å²) in [5.74, 6) is 0.157. The Labute approximate surface area is 203 Å². The summed E-state index contributed by atoms with van der Waals surface area (Å²) in [4.78, 5) is 26.4. The molecule has 3 amide bonds. The number of urea groups is 1. The summed E-state index contributed by atoms with van der Waals surface area (Å²) in [6.45, 7) is 0.456. The molecule has 3 aromatic rings. The van der Waals surface area contributed by atoms with E-state index >= 15 is 0 Å². The van der Waals surface area contributed by atoms with E-state index in [-0.39, 0.29) is 18.8 Å². The second-order valence-corrected chi connectivity index (χ2v) is 8.81. The first-order valence-corrected chi connectivity index (χ1v) is 11.2. The molecule has 1 aliphatic heterocycles. The molecule has 0 radical (unpaired) electrons. The first-order chi connectivity index (χ1) is 15.4. The van der Waals surface area contributed by atoms with Crippen LogP contribution in [0.3, 0.4) is 0 Å². The number of hydrogen-bond acceptors (Lipinski definition) is 3. The first kappa shape index (κ1) is 22.4. The Hall–Kier alpha value is -2.80. The van der Waals surface area contributed by atoms with Crippen molar-refractivity contribution in [3.05, 3.63) is 104 Å². The van der Waals surface area contributed by atoms with E-state index in [0.717, 1.165) is 15.6 Å². The van der Waals surface area contributed by atoms with Crippen molar-refractivity contribution in [1.82, 2.24) is 10.2 Å². The molecule has 0 atom stereocenters. The van der Waals surface area contributed by atoms with Crippen LogP contribution >= 0.6 is 39.1 Å². The van der Waals surface area contributed by atoms with Crippen molar-refractivity contribution in [3.8, 4) is 5.75 Å². The standard InChI is InChI=1S/C24H17BrCl2N2O3/c25-18-7-9-22(32-14-16-6-8-19(26)20(27)10-16)17(11-18)12-21-23(30)29(24(31)28-21)13-15-4-2-1-3-5-15/h1-12H,13-14H2,(H,28,31)/b21-12+. The summed E-state index contributed by atoms with van der Waals surface area (Å²) >= 11 is 15.5. The maximum Gasteiger partial charge on any atom is 0.329 e. The van der Waals surface area contributed by atoms with Gasteiger partial charge in [-0.2, -0.15) is 0 Å². The van der Waals surface area contributed by atoms with E-state index in [0.29, 0.717) is 21.4 Å². The molecule has 0 aromatic heterocycles. The van der Waals surface area contributed by atoms with Crippen LogP contribution in [0.1, 0.15) is 16.7 Å². The topological polar surface area (TPSA) is 58.6 Å². The fraction of sp³-hybridized carbons (Fsp3) is 0.0833. The zero-order chi connectivity index (χ0) is 22.7. The maximum absolute atomic E-state index is 12.9. The Kier molecular flexibility index (Phi) is 6.84. The summed E-state index contributed by atoms with van der Waals surface area (Å²) in [5, 5.41) is 3.57. The van der Waals surface area contributed by atoms with Gasteiger partial charge in [-0.25, -0.2) is 4.79 Å². The van der Waals surface area contributed by atoms with E-state index in [1.54, 1.807) is 24.3 Å². The van der Waals surface area contributed by atoms with Crippen molar-refractivity contribution < 1.29 is 14.3 Å². The Balaban J connectivity index is 1.55. The molecular weight excluding hydrogens is 515 g/mol. The maximum atomic E-state index is 12.9. The average Bonchev–Trinajstić information content (AvgIpc) is 3.03. The summed E-state index contributed by atoms with van der Waals surface area (Å²) in [6.07, 6.45) is 1.61. The van der Waals surface area contributed by atoms with Gasteiger partial charge < -0.3 is 10.1 Å². The first-order valence-electron chi connectivity index (χ1n) is 9.65. The number of halogens is 3. The number of nitrogens with one attached hydrogen (secondary N) is 1. The van der Waals surface area contributed by atoms with Crippen molar-refractivity contribution in [2.75, 3.05) is 0 Å². The highest BCUT2D eigenvalue weighted by molar-refractivity contribution is 9.10. The van der Waals surface area contributed by atoms with Crippen LogP contribution in [0.25, 0.3) is 6.08 Å². The third-order valence-electron chi connectivity index (χ3n) is 4.80. The minimum atomic E-state index is -0.460. The van der Waals surface area contributed by atoms with E-state index in [9.17, 15) is 9.59 Å². The molecule has 0 spiro atoms. The molecule has 0 saturated carbocycles. The van der Waals surface area contributed by atoms with E-state index < -0.39 is 11.9 Å². The molecule has 32 heavy (non-hydrogen) atoms. The van der Waals surface area contributed by atoms with Gasteiger partial charge in [0.05, 0.1) is 16.6 Å². The molecule has 3 aromatic carbocycles. The zero-order valence-corrected chi connectivity index (χ0v) is 19.7. The smallest absolute Gasteiger partial charge is 0.329 e. The van der Waals surface area contributed by atoms with Crippen molar-refractivity contribution in [3.63, 3.8) is 0 Å². The molecular formula is C24H17BrCl2N2O3. The number of hydrogen-bond donors (Lipinski definition) is 1. The normalized spacial score (nSPS) is 14.7. The zero-order valence-electron chi connectivity index (χ0n) is 16.6. The van der Waals surface area contributed by atoms with E-state index in [4.69, 9.17) is 27.9 Å². The van der Waals surface area contributed by atoms with Crippen LogP contribution in [0.5, 0.6) is 5.75 Å². The van der Waals surface area contributed by atoms with Crippen LogP contribution in [0.4, 0.5) is 4.79 Å². The van der Waals surface area contributed by atoms with Crippen molar-refractivity contribution >= 4 is 57.1 Å². The monoisotopic (exact) mass is 530 g/mol. The van der Waals surface area contributed by atoms with Gasteiger partial charge in [0.1, 0.15) is 18.1 Å². The summed E-state index contributed by atoms with van der Waals surface area (Å²) in [6, 6.07) is 19.6. The molecule has 0 aliphatic carbocycles.